The smallest absolute Gasteiger partial charge is 0.389 e. The fourth-order valence-electron chi connectivity index (χ4n) is 1.51. The van der Waals surface area contributed by atoms with Crippen LogP contribution < -0.4 is 5.73 Å². The van der Waals surface area contributed by atoms with Gasteiger partial charge in [-0.2, -0.15) is 18.3 Å². The average molecular weight is 306 g/mol. The third kappa shape index (κ3) is 2.87. The van der Waals surface area contributed by atoms with Crippen LogP contribution in [0.5, 0.6) is 0 Å². The first-order valence-corrected chi connectivity index (χ1v) is 5.80. The first-order chi connectivity index (χ1) is 8.79. The Morgan fingerprint density at radius 2 is 2.00 bits per heavy atom. The number of benzene rings is 1. The number of hydrogen-bond acceptors (Lipinski definition) is 2. The van der Waals surface area contributed by atoms with Gasteiger partial charge in [0.05, 0.1) is 5.69 Å². The maximum Gasteiger partial charge on any atom is 0.435 e. The van der Waals surface area contributed by atoms with E-state index in [1.165, 1.54) is 24.4 Å². The van der Waals surface area contributed by atoms with Gasteiger partial charge in [0.1, 0.15) is 4.99 Å². The summed E-state index contributed by atoms with van der Waals surface area (Å²) in [4.78, 5) is 0.0292. The van der Waals surface area contributed by atoms with Gasteiger partial charge in [-0.1, -0.05) is 23.8 Å². The second-order valence-electron chi connectivity index (χ2n) is 3.67. The predicted octanol–water partition coefficient (Wildman–Crippen LogP) is 3.18. The molecule has 0 amide bonds. The Morgan fingerprint density at radius 1 is 1.32 bits per heavy atom. The van der Waals surface area contributed by atoms with Crippen molar-refractivity contribution in [3.8, 4) is 5.69 Å². The Bertz CT molecular complexity index is 636. The van der Waals surface area contributed by atoms with Crippen LogP contribution in [0.25, 0.3) is 5.69 Å². The monoisotopic (exact) mass is 305 g/mol. The quantitative estimate of drug-likeness (QED) is 0.867. The van der Waals surface area contributed by atoms with Crippen molar-refractivity contribution in [3.05, 3.63) is 46.7 Å². The van der Waals surface area contributed by atoms with Gasteiger partial charge in [0.15, 0.2) is 5.69 Å². The molecule has 2 N–H and O–H groups in total. The van der Waals surface area contributed by atoms with Crippen molar-refractivity contribution in [1.29, 1.82) is 0 Å². The molecule has 0 unspecified atom stereocenters. The lowest BCUT2D eigenvalue weighted by Crippen LogP contribution is -2.14. The fourth-order valence-corrected chi connectivity index (χ4v) is 1.85. The highest BCUT2D eigenvalue weighted by Crippen LogP contribution is 2.28. The van der Waals surface area contributed by atoms with Crippen molar-refractivity contribution in [3.63, 3.8) is 0 Å². The highest BCUT2D eigenvalue weighted by molar-refractivity contribution is 7.80. The molecule has 0 radical (unpaired) electrons. The van der Waals surface area contributed by atoms with Gasteiger partial charge in [0.25, 0.3) is 0 Å². The highest BCUT2D eigenvalue weighted by atomic mass is 35.5. The molecule has 1 heterocycles. The summed E-state index contributed by atoms with van der Waals surface area (Å²) in [6, 6.07) is 5.38. The van der Waals surface area contributed by atoms with Gasteiger partial charge in [-0.15, -0.1) is 0 Å². The van der Waals surface area contributed by atoms with Crippen LogP contribution in [-0.2, 0) is 6.18 Å². The zero-order valence-corrected chi connectivity index (χ0v) is 10.9. The van der Waals surface area contributed by atoms with E-state index in [0.717, 1.165) is 10.7 Å². The molecule has 0 saturated heterocycles. The van der Waals surface area contributed by atoms with Gasteiger partial charge in [-0.3, -0.25) is 0 Å². The highest BCUT2D eigenvalue weighted by Gasteiger charge is 2.33. The molecule has 0 aliphatic heterocycles. The number of nitrogens with zero attached hydrogens (tertiary/aromatic N) is 2. The number of alkyl halides is 3. The van der Waals surface area contributed by atoms with E-state index in [1.807, 2.05) is 0 Å². The minimum absolute atomic E-state index is 0.0292. The van der Waals surface area contributed by atoms with Crippen LogP contribution in [0.1, 0.15) is 11.3 Å². The molecule has 0 fully saturated rings. The van der Waals surface area contributed by atoms with Crippen LogP contribution in [0, 0.1) is 0 Å². The minimum atomic E-state index is -4.50. The van der Waals surface area contributed by atoms with Gasteiger partial charge in [0.2, 0.25) is 0 Å². The number of aromatic nitrogens is 2. The van der Waals surface area contributed by atoms with E-state index in [9.17, 15) is 13.2 Å². The molecule has 0 bridgehead atoms. The first kappa shape index (κ1) is 13.8. The molecule has 1 aromatic heterocycles. The largest absolute Gasteiger partial charge is 0.435 e. The van der Waals surface area contributed by atoms with E-state index in [1.54, 1.807) is 0 Å². The topological polar surface area (TPSA) is 43.8 Å². The van der Waals surface area contributed by atoms with Gasteiger partial charge >= 0.3 is 6.18 Å². The SMILES string of the molecule is NC(=S)c1cc(Cl)ccc1-n1ccc(C(F)(F)F)n1. The fraction of sp³-hybridized carbons (Fsp3) is 0.0909. The maximum atomic E-state index is 12.5. The standard InChI is InChI=1S/C11H7ClF3N3S/c12-6-1-2-8(7(5-6)10(16)19)18-4-3-9(17-18)11(13,14)15/h1-5H,(H2,16,19). The minimum Gasteiger partial charge on any atom is -0.389 e. The van der Waals surface area contributed by atoms with Crippen LogP contribution in [0.15, 0.2) is 30.5 Å². The molecule has 0 atom stereocenters. The summed E-state index contributed by atoms with van der Waals surface area (Å²) in [6.07, 6.45) is -3.31. The molecule has 2 aromatic rings. The molecule has 19 heavy (non-hydrogen) atoms. The lowest BCUT2D eigenvalue weighted by molar-refractivity contribution is -0.141. The summed E-state index contributed by atoms with van der Waals surface area (Å²) in [7, 11) is 0. The third-order valence-corrected chi connectivity index (χ3v) is 2.81. The maximum absolute atomic E-state index is 12.5. The summed E-state index contributed by atoms with van der Waals surface area (Å²) in [6.45, 7) is 0. The normalized spacial score (nSPS) is 11.6. The Labute approximate surface area is 116 Å². The lowest BCUT2D eigenvalue weighted by Gasteiger charge is -2.09. The van der Waals surface area contributed by atoms with Gasteiger partial charge in [-0.05, 0) is 24.3 Å². The number of nitrogens with two attached hydrogens (primary N) is 1. The van der Waals surface area contributed by atoms with E-state index in [-0.39, 0.29) is 4.99 Å². The molecule has 0 spiro atoms. The molecule has 100 valence electrons. The summed E-state index contributed by atoms with van der Waals surface area (Å²) in [5.74, 6) is 0. The Morgan fingerprint density at radius 3 is 2.53 bits per heavy atom. The van der Waals surface area contributed by atoms with E-state index in [2.05, 4.69) is 5.10 Å². The zero-order valence-electron chi connectivity index (χ0n) is 9.28. The Balaban J connectivity index is 2.53. The molecule has 0 saturated carbocycles. The molecular weight excluding hydrogens is 299 g/mol. The summed E-state index contributed by atoms with van der Waals surface area (Å²) in [5, 5.41) is 3.84. The van der Waals surface area contributed by atoms with Crippen LogP contribution in [0.4, 0.5) is 13.2 Å². The Kier molecular flexibility index (Phi) is 3.51. The molecule has 0 aliphatic rings. The molecule has 1 aromatic carbocycles. The van der Waals surface area contributed by atoms with Crippen molar-refractivity contribution in [2.45, 2.75) is 6.18 Å². The zero-order chi connectivity index (χ0) is 14.2. The third-order valence-electron chi connectivity index (χ3n) is 2.35. The van der Waals surface area contributed by atoms with Crippen LogP contribution >= 0.6 is 23.8 Å². The summed E-state index contributed by atoms with van der Waals surface area (Å²) < 4.78 is 38.5. The lowest BCUT2D eigenvalue weighted by atomic mass is 10.2. The molecule has 2 rings (SSSR count). The van der Waals surface area contributed by atoms with Crippen molar-refractivity contribution in [1.82, 2.24) is 9.78 Å². The number of hydrogen-bond donors (Lipinski definition) is 1. The second kappa shape index (κ2) is 4.82. The molecular formula is C11H7ClF3N3S. The average Bonchev–Trinajstić information content (AvgIpc) is 2.77. The van der Waals surface area contributed by atoms with Crippen LogP contribution in [-0.4, -0.2) is 14.8 Å². The molecule has 0 aliphatic carbocycles. The summed E-state index contributed by atoms with van der Waals surface area (Å²) in [5.41, 5.74) is 5.23. The number of thiocarbonyl (C=S) groups is 1. The van der Waals surface area contributed by atoms with E-state index in [4.69, 9.17) is 29.6 Å². The number of halogens is 4. The number of rotatable bonds is 2. The molecule has 8 heteroatoms. The Hall–Kier alpha value is -1.60. The van der Waals surface area contributed by atoms with Crippen molar-refractivity contribution < 1.29 is 13.2 Å². The van der Waals surface area contributed by atoms with Crippen molar-refractivity contribution in [2.24, 2.45) is 5.73 Å². The van der Waals surface area contributed by atoms with Gasteiger partial charge < -0.3 is 5.73 Å². The predicted molar refractivity (Wildman–Crippen MR) is 69.5 cm³/mol. The van der Waals surface area contributed by atoms with E-state index in [0.29, 0.717) is 16.3 Å². The van der Waals surface area contributed by atoms with Crippen molar-refractivity contribution >= 4 is 28.8 Å². The molecule has 3 nitrogen and oxygen atoms in total. The van der Waals surface area contributed by atoms with Gasteiger partial charge in [-0.25, -0.2) is 4.68 Å². The summed E-state index contributed by atoms with van der Waals surface area (Å²) >= 11 is 10.6. The van der Waals surface area contributed by atoms with E-state index < -0.39 is 11.9 Å². The van der Waals surface area contributed by atoms with Gasteiger partial charge in [0, 0.05) is 16.8 Å². The van der Waals surface area contributed by atoms with Crippen molar-refractivity contribution in [2.75, 3.05) is 0 Å². The van der Waals surface area contributed by atoms with E-state index >= 15 is 0 Å². The van der Waals surface area contributed by atoms with Crippen LogP contribution in [0.3, 0.4) is 0 Å². The second-order valence-corrected chi connectivity index (χ2v) is 4.55. The van der Waals surface area contributed by atoms with Crippen LogP contribution in [0.2, 0.25) is 5.02 Å². The first-order valence-electron chi connectivity index (χ1n) is 5.01.